The first kappa shape index (κ1) is 15.9. The number of likely N-dealkylation sites (tertiary alicyclic amines) is 1. The second-order valence-electron chi connectivity index (χ2n) is 6.35. The highest BCUT2D eigenvalue weighted by Gasteiger charge is 2.31. The Balaban J connectivity index is 1.40. The Morgan fingerprint density at radius 2 is 2.17 bits per heavy atom. The van der Waals surface area contributed by atoms with E-state index in [1.54, 1.807) is 6.07 Å². The molecular weight excluding hydrogens is 330 g/mol. The SMILES string of the molecule is O=C(C1COCCN1)N1CCC(c2nc3cc(Cl)ccc3o2)CC1. The monoisotopic (exact) mass is 349 g/mol. The predicted octanol–water partition coefficient (Wildman–Crippen LogP) is 2.18. The van der Waals surface area contributed by atoms with Crippen molar-refractivity contribution in [3.63, 3.8) is 0 Å². The zero-order chi connectivity index (χ0) is 16.5. The molecule has 1 atom stereocenters. The topological polar surface area (TPSA) is 67.6 Å². The molecule has 0 radical (unpaired) electrons. The van der Waals surface area contributed by atoms with Crippen molar-refractivity contribution in [1.82, 2.24) is 15.2 Å². The first-order valence-electron chi connectivity index (χ1n) is 8.36. The Labute approximate surface area is 145 Å². The van der Waals surface area contributed by atoms with E-state index in [-0.39, 0.29) is 17.9 Å². The zero-order valence-electron chi connectivity index (χ0n) is 13.3. The van der Waals surface area contributed by atoms with Crippen molar-refractivity contribution in [2.45, 2.75) is 24.8 Å². The number of carbonyl (C=O) groups is 1. The van der Waals surface area contributed by atoms with E-state index >= 15 is 0 Å². The van der Waals surface area contributed by atoms with Gasteiger partial charge in [-0.15, -0.1) is 0 Å². The number of rotatable bonds is 2. The van der Waals surface area contributed by atoms with Gasteiger partial charge in [0.05, 0.1) is 13.2 Å². The maximum atomic E-state index is 12.5. The van der Waals surface area contributed by atoms with Crippen molar-refractivity contribution in [3.8, 4) is 0 Å². The highest BCUT2D eigenvalue weighted by Crippen LogP contribution is 2.31. The fourth-order valence-electron chi connectivity index (χ4n) is 3.38. The minimum absolute atomic E-state index is 0.137. The van der Waals surface area contributed by atoms with Gasteiger partial charge in [0.1, 0.15) is 11.6 Å². The van der Waals surface area contributed by atoms with Crippen molar-refractivity contribution in [3.05, 3.63) is 29.1 Å². The second-order valence-corrected chi connectivity index (χ2v) is 6.78. The van der Waals surface area contributed by atoms with Crippen LogP contribution in [0.3, 0.4) is 0 Å². The van der Waals surface area contributed by atoms with Crippen LogP contribution in [0.25, 0.3) is 11.1 Å². The summed E-state index contributed by atoms with van der Waals surface area (Å²) in [7, 11) is 0. The average Bonchev–Trinajstić information content (AvgIpc) is 3.05. The van der Waals surface area contributed by atoms with Crippen molar-refractivity contribution < 1.29 is 13.9 Å². The molecule has 1 aromatic heterocycles. The third-order valence-corrected chi connectivity index (χ3v) is 4.98. The van der Waals surface area contributed by atoms with E-state index in [1.807, 2.05) is 17.0 Å². The lowest BCUT2D eigenvalue weighted by atomic mass is 9.96. The van der Waals surface area contributed by atoms with Gasteiger partial charge in [-0.25, -0.2) is 4.98 Å². The first-order valence-corrected chi connectivity index (χ1v) is 8.74. The molecule has 3 heterocycles. The fourth-order valence-corrected chi connectivity index (χ4v) is 3.55. The lowest BCUT2D eigenvalue weighted by Gasteiger charge is -2.34. The molecule has 1 amide bonds. The maximum absolute atomic E-state index is 12.5. The Morgan fingerprint density at radius 3 is 2.92 bits per heavy atom. The molecule has 128 valence electrons. The number of ether oxygens (including phenoxy) is 1. The summed E-state index contributed by atoms with van der Waals surface area (Å²) in [5.74, 6) is 1.13. The zero-order valence-corrected chi connectivity index (χ0v) is 14.1. The largest absolute Gasteiger partial charge is 0.440 e. The molecule has 0 saturated carbocycles. The molecule has 6 nitrogen and oxygen atoms in total. The first-order chi connectivity index (χ1) is 11.7. The molecule has 0 spiro atoms. The van der Waals surface area contributed by atoms with E-state index in [0.717, 1.165) is 49.5 Å². The number of carbonyl (C=O) groups excluding carboxylic acids is 1. The lowest BCUT2D eigenvalue weighted by Crippen LogP contribution is -2.53. The average molecular weight is 350 g/mol. The van der Waals surface area contributed by atoms with Crippen LogP contribution < -0.4 is 5.32 Å². The molecule has 0 aliphatic carbocycles. The molecule has 2 aromatic rings. The van der Waals surface area contributed by atoms with Crippen LogP contribution in [0, 0.1) is 0 Å². The summed E-state index contributed by atoms with van der Waals surface area (Å²) in [6, 6.07) is 5.26. The lowest BCUT2D eigenvalue weighted by molar-refractivity contribution is -0.137. The molecule has 1 N–H and O–H groups in total. The second kappa shape index (κ2) is 6.70. The minimum Gasteiger partial charge on any atom is -0.440 e. The van der Waals surface area contributed by atoms with Gasteiger partial charge >= 0.3 is 0 Å². The van der Waals surface area contributed by atoms with Gasteiger partial charge in [0, 0.05) is 30.6 Å². The van der Waals surface area contributed by atoms with Gasteiger partial charge in [0.2, 0.25) is 5.91 Å². The van der Waals surface area contributed by atoms with Crippen LogP contribution in [-0.2, 0) is 9.53 Å². The molecule has 0 bridgehead atoms. The number of amides is 1. The molecular formula is C17H20ClN3O3. The number of oxazole rings is 1. The van der Waals surface area contributed by atoms with Gasteiger partial charge in [-0.2, -0.15) is 0 Å². The van der Waals surface area contributed by atoms with E-state index in [0.29, 0.717) is 18.2 Å². The van der Waals surface area contributed by atoms with E-state index in [4.69, 9.17) is 20.8 Å². The smallest absolute Gasteiger partial charge is 0.242 e. The third kappa shape index (κ3) is 3.14. The van der Waals surface area contributed by atoms with Gasteiger partial charge in [0.25, 0.3) is 0 Å². The van der Waals surface area contributed by atoms with E-state index in [9.17, 15) is 4.79 Å². The van der Waals surface area contributed by atoms with Crippen LogP contribution >= 0.6 is 11.6 Å². The number of morpholine rings is 1. The summed E-state index contributed by atoms with van der Waals surface area (Å²) in [5, 5.41) is 3.88. The summed E-state index contributed by atoms with van der Waals surface area (Å²) in [6.45, 7) is 3.32. The van der Waals surface area contributed by atoms with Crippen molar-refractivity contribution in [2.75, 3.05) is 32.8 Å². The molecule has 2 fully saturated rings. The molecule has 4 rings (SSSR count). The van der Waals surface area contributed by atoms with Gasteiger partial charge in [-0.05, 0) is 31.0 Å². The standard InChI is InChI=1S/C17H20ClN3O3/c18-12-1-2-15-13(9-12)20-16(24-15)11-3-6-21(7-4-11)17(22)14-10-23-8-5-19-14/h1-2,9,11,14,19H,3-8,10H2. The van der Waals surface area contributed by atoms with Crippen LogP contribution in [0.4, 0.5) is 0 Å². The predicted molar refractivity (Wildman–Crippen MR) is 90.2 cm³/mol. The molecule has 7 heteroatoms. The van der Waals surface area contributed by atoms with Crippen molar-refractivity contribution >= 4 is 28.6 Å². The summed E-state index contributed by atoms with van der Waals surface area (Å²) < 4.78 is 11.3. The van der Waals surface area contributed by atoms with Crippen LogP contribution in [0.1, 0.15) is 24.7 Å². The van der Waals surface area contributed by atoms with Crippen molar-refractivity contribution in [2.24, 2.45) is 0 Å². The number of benzene rings is 1. The number of hydrogen-bond donors (Lipinski definition) is 1. The van der Waals surface area contributed by atoms with Crippen LogP contribution in [0.5, 0.6) is 0 Å². The number of halogens is 1. The van der Waals surface area contributed by atoms with E-state index in [2.05, 4.69) is 10.3 Å². The van der Waals surface area contributed by atoms with Crippen molar-refractivity contribution in [1.29, 1.82) is 0 Å². The number of aromatic nitrogens is 1. The number of fused-ring (bicyclic) bond motifs is 1. The molecule has 1 unspecified atom stereocenters. The number of nitrogens with zero attached hydrogens (tertiary/aromatic N) is 2. The summed E-state index contributed by atoms with van der Waals surface area (Å²) in [5.41, 5.74) is 1.55. The number of nitrogens with one attached hydrogen (secondary N) is 1. The van der Waals surface area contributed by atoms with E-state index < -0.39 is 0 Å². The third-order valence-electron chi connectivity index (χ3n) is 4.74. The molecule has 2 saturated heterocycles. The van der Waals surface area contributed by atoms with Gasteiger partial charge < -0.3 is 19.4 Å². The normalized spacial score (nSPS) is 22.9. The van der Waals surface area contributed by atoms with Crippen LogP contribution in [0.2, 0.25) is 5.02 Å². The van der Waals surface area contributed by atoms with Crippen LogP contribution in [0.15, 0.2) is 22.6 Å². The molecule has 2 aliphatic heterocycles. The summed E-state index contributed by atoms with van der Waals surface area (Å²) >= 11 is 6.00. The van der Waals surface area contributed by atoms with E-state index in [1.165, 1.54) is 0 Å². The highest BCUT2D eigenvalue weighted by atomic mass is 35.5. The quantitative estimate of drug-likeness (QED) is 0.900. The van der Waals surface area contributed by atoms with Crippen LogP contribution in [-0.4, -0.2) is 54.7 Å². The molecule has 1 aromatic carbocycles. The molecule has 2 aliphatic rings. The number of piperidine rings is 1. The Hall–Kier alpha value is -1.63. The molecule has 24 heavy (non-hydrogen) atoms. The Bertz CT molecular complexity index is 734. The maximum Gasteiger partial charge on any atom is 0.242 e. The Kier molecular flexibility index (Phi) is 4.43. The Morgan fingerprint density at radius 1 is 1.33 bits per heavy atom. The van der Waals surface area contributed by atoms with Gasteiger partial charge in [-0.1, -0.05) is 11.6 Å². The summed E-state index contributed by atoms with van der Waals surface area (Å²) in [4.78, 5) is 19.0. The summed E-state index contributed by atoms with van der Waals surface area (Å²) in [6.07, 6.45) is 1.72. The fraction of sp³-hybridized carbons (Fsp3) is 0.529. The minimum atomic E-state index is -0.207. The van der Waals surface area contributed by atoms with Gasteiger partial charge in [0.15, 0.2) is 11.5 Å². The number of hydrogen-bond acceptors (Lipinski definition) is 5. The highest BCUT2D eigenvalue weighted by molar-refractivity contribution is 6.31. The van der Waals surface area contributed by atoms with Gasteiger partial charge in [-0.3, -0.25) is 4.79 Å².